The third kappa shape index (κ3) is 5.45. The zero-order valence-corrected chi connectivity index (χ0v) is 14.3. The van der Waals surface area contributed by atoms with E-state index >= 15 is 0 Å². The van der Waals surface area contributed by atoms with E-state index in [2.05, 4.69) is 0 Å². The molecule has 0 bridgehead atoms. The van der Waals surface area contributed by atoms with Crippen molar-refractivity contribution in [2.24, 2.45) is 0 Å². The van der Waals surface area contributed by atoms with Gasteiger partial charge in [-0.2, -0.15) is 0 Å². The van der Waals surface area contributed by atoms with E-state index in [1.807, 2.05) is 0 Å². The summed E-state index contributed by atoms with van der Waals surface area (Å²) in [6, 6.07) is 11.0. The van der Waals surface area contributed by atoms with E-state index in [0.717, 1.165) is 5.56 Å². The van der Waals surface area contributed by atoms with E-state index in [9.17, 15) is 20.1 Å². The van der Waals surface area contributed by atoms with Gasteiger partial charge in [-0.25, -0.2) is 4.79 Å². The van der Waals surface area contributed by atoms with E-state index in [0.29, 0.717) is 11.3 Å². The Bertz CT molecular complexity index is 727. The van der Waals surface area contributed by atoms with Crippen molar-refractivity contribution in [1.29, 1.82) is 0 Å². The summed E-state index contributed by atoms with van der Waals surface area (Å²) in [6.45, 7) is -0.330. The van der Waals surface area contributed by atoms with Gasteiger partial charge in [-0.05, 0) is 35.4 Å². The van der Waals surface area contributed by atoms with Crippen LogP contribution < -0.4 is 9.47 Å². The van der Waals surface area contributed by atoms with Crippen LogP contribution in [0.15, 0.2) is 42.5 Å². The average molecular weight is 362 g/mol. The largest absolute Gasteiger partial charge is 0.504 e. The number of aliphatic hydroxyl groups excluding tert-OH is 3. The Labute approximate surface area is 151 Å². The monoisotopic (exact) mass is 362 g/mol. The number of hydrogen-bond acceptors (Lipinski definition) is 7. The van der Waals surface area contributed by atoms with E-state index in [1.165, 1.54) is 13.2 Å². The maximum Gasteiger partial charge on any atom is 0.340 e. The fourth-order valence-electron chi connectivity index (χ4n) is 2.38. The van der Waals surface area contributed by atoms with E-state index in [4.69, 9.17) is 14.6 Å². The number of aromatic hydroxyl groups is 1. The summed E-state index contributed by atoms with van der Waals surface area (Å²) in [5.41, 5.74) is 1.33. The standard InChI is InChI=1S/C19H22O7/c1-25-18-7-4-13(9-16(18)22)10-17(23)19(24)26-15-5-2-12(3-6-15)8-14(21)11-20/h2-7,9,14,17,20-23H,8,10-11H2,1H3. The smallest absolute Gasteiger partial charge is 0.340 e. The van der Waals surface area contributed by atoms with Crippen molar-refractivity contribution >= 4 is 5.97 Å². The highest BCUT2D eigenvalue weighted by molar-refractivity contribution is 5.77. The molecule has 0 saturated heterocycles. The highest BCUT2D eigenvalue weighted by Gasteiger charge is 2.19. The molecular weight excluding hydrogens is 340 g/mol. The van der Waals surface area contributed by atoms with Gasteiger partial charge < -0.3 is 29.9 Å². The van der Waals surface area contributed by atoms with Crippen LogP contribution in [0.1, 0.15) is 11.1 Å². The van der Waals surface area contributed by atoms with E-state index in [-0.39, 0.29) is 30.9 Å². The van der Waals surface area contributed by atoms with Crippen molar-refractivity contribution in [1.82, 2.24) is 0 Å². The van der Waals surface area contributed by atoms with Gasteiger partial charge in [0, 0.05) is 12.8 Å². The first-order valence-electron chi connectivity index (χ1n) is 8.06. The molecule has 140 valence electrons. The van der Waals surface area contributed by atoms with Gasteiger partial charge in [0.05, 0.1) is 19.8 Å². The lowest BCUT2D eigenvalue weighted by molar-refractivity contribution is -0.143. The number of rotatable bonds is 8. The number of esters is 1. The second-order valence-electron chi connectivity index (χ2n) is 5.83. The first kappa shape index (κ1) is 19.7. The number of carbonyl (C=O) groups excluding carboxylic acids is 1. The normalized spacial score (nSPS) is 13.1. The Morgan fingerprint density at radius 1 is 1.04 bits per heavy atom. The van der Waals surface area contributed by atoms with Crippen LogP contribution in [0.4, 0.5) is 0 Å². The van der Waals surface area contributed by atoms with E-state index < -0.39 is 18.2 Å². The number of carbonyl (C=O) groups is 1. The third-order valence-electron chi connectivity index (χ3n) is 3.77. The molecule has 0 heterocycles. The minimum Gasteiger partial charge on any atom is -0.504 e. The number of ether oxygens (including phenoxy) is 2. The van der Waals surface area contributed by atoms with Crippen molar-refractivity contribution in [3.63, 3.8) is 0 Å². The first-order chi connectivity index (χ1) is 12.4. The molecule has 2 rings (SSSR count). The van der Waals surface area contributed by atoms with Crippen LogP contribution in [0.2, 0.25) is 0 Å². The molecule has 7 heteroatoms. The zero-order valence-electron chi connectivity index (χ0n) is 14.3. The van der Waals surface area contributed by atoms with Crippen molar-refractivity contribution in [2.45, 2.75) is 25.0 Å². The number of aliphatic hydroxyl groups is 3. The summed E-state index contributed by atoms with van der Waals surface area (Å²) in [5.74, 6) is -0.333. The van der Waals surface area contributed by atoms with Crippen LogP contribution in [0, 0.1) is 0 Å². The second-order valence-corrected chi connectivity index (χ2v) is 5.83. The lowest BCUT2D eigenvalue weighted by Gasteiger charge is -2.12. The van der Waals surface area contributed by atoms with Gasteiger partial charge >= 0.3 is 5.97 Å². The molecule has 0 amide bonds. The molecule has 0 aliphatic carbocycles. The van der Waals surface area contributed by atoms with Crippen LogP contribution in [-0.2, 0) is 17.6 Å². The highest BCUT2D eigenvalue weighted by Crippen LogP contribution is 2.26. The number of benzene rings is 2. The van der Waals surface area contributed by atoms with Gasteiger partial charge in [-0.3, -0.25) is 0 Å². The Kier molecular flexibility index (Phi) is 6.97. The first-order valence-corrected chi connectivity index (χ1v) is 8.06. The minimum absolute atomic E-state index is 0.0167. The second kappa shape index (κ2) is 9.19. The number of hydrogen-bond donors (Lipinski definition) is 4. The summed E-state index contributed by atoms with van der Waals surface area (Å²) < 4.78 is 10.1. The van der Waals surface area contributed by atoms with Crippen LogP contribution in [-0.4, -0.2) is 52.3 Å². The van der Waals surface area contributed by atoms with E-state index in [1.54, 1.807) is 36.4 Å². The third-order valence-corrected chi connectivity index (χ3v) is 3.77. The van der Waals surface area contributed by atoms with Crippen molar-refractivity contribution in [3.05, 3.63) is 53.6 Å². The molecule has 0 aromatic heterocycles. The summed E-state index contributed by atoms with van der Waals surface area (Å²) >= 11 is 0. The molecule has 2 unspecified atom stereocenters. The quantitative estimate of drug-likeness (QED) is 0.405. The molecule has 0 saturated carbocycles. The Balaban J connectivity index is 1.93. The van der Waals surface area contributed by atoms with Gasteiger partial charge in [-0.15, -0.1) is 0 Å². The molecule has 0 aliphatic heterocycles. The van der Waals surface area contributed by atoms with Crippen molar-refractivity contribution in [3.8, 4) is 17.2 Å². The molecule has 7 nitrogen and oxygen atoms in total. The van der Waals surface area contributed by atoms with Gasteiger partial charge in [0.2, 0.25) is 0 Å². The molecule has 0 spiro atoms. The average Bonchev–Trinajstić information content (AvgIpc) is 2.63. The van der Waals surface area contributed by atoms with Crippen LogP contribution in [0.3, 0.4) is 0 Å². The van der Waals surface area contributed by atoms with Crippen LogP contribution >= 0.6 is 0 Å². The molecular formula is C19H22O7. The van der Waals surface area contributed by atoms with Crippen LogP contribution in [0.25, 0.3) is 0 Å². The van der Waals surface area contributed by atoms with Crippen LogP contribution in [0.5, 0.6) is 17.2 Å². The molecule has 2 aromatic carbocycles. The number of methoxy groups -OCH3 is 1. The molecule has 4 N–H and O–H groups in total. The molecule has 2 aromatic rings. The van der Waals surface area contributed by atoms with Gasteiger partial charge in [-0.1, -0.05) is 18.2 Å². The maximum absolute atomic E-state index is 12.0. The lowest BCUT2D eigenvalue weighted by Crippen LogP contribution is -2.27. The van der Waals surface area contributed by atoms with Gasteiger partial charge in [0.15, 0.2) is 17.6 Å². The molecule has 0 fully saturated rings. The Morgan fingerprint density at radius 2 is 1.69 bits per heavy atom. The minimum atomic E-state index is -1.39. The van der Waals surface area contributed by atoms with Crippen molar-refractivity contribution < 1.29 is 34.7 Å². The fourth-order valence-corrected chi connectivity index (χ4v) is 2.38. The summed E-state index contributed by atoms with van der Waals surface area (Å²) in [5, 5.41) is 38.0. The lowest BCUT2D eigenvalue weighted by atomic mass is 10.1. The Hall–Kier alpha value is -2.61. The van der Waals surface area contributed by atoms with Gasteiger partial charge in [0.1, 0.15) is 5.75 Å². The predicted molar refractivity (Wildman–Crippen MR) is 93.2 cm³/mol. The fraction of sp³-hybridized carbons (Fsp3) is 0.316. The highest BCUT2D eigenvalue weighted by atomic mass is 16.5. The molecule has 0 aliphatic rings. The van der Waals surface area contributed by atoms with Gasteiger partial charge in [0.25, 0.3) is 0 Å². The maximum atomic E-state index is 12.0. The zero-order chi connectivity index (χ0) is 19.1. The topological polar surface area (TPSA) is 116 Å². The summed E-state index contributed by atoms with van der Waals surface area (Å²) in [6.07, 6.45) is -1.96. The van der Waals surface area contributed by atoms with Crippen molar-refractivity contribution in [2.75, 3.05) is 13.7 Å². The number of phenolic OH excluding ortho intramolecular Hbond substituents is 1. The SMILES string of the molecule is COc1ccc(CC(O)C(=O)Oc2ccc(CC(O)CO)cc2)cc1O. The number of phenols is 1. The predicted octanol–water partition coefficient (Wildman–Crippen LogP) is 0.805. The summed E-state index contributed by atoms with van der Waals surface area (Å²) in [4.78, 5) is 12.0. The summed E-state index contributed by atoms with van der Waals surface area (Å²) in [7, 11) is 1.43. The Morgan fingerprint density at radius 3 is 2.27 bits per heavy atom. The molecule has 0 radical (unpaired) electrons. The molecule has 26 heavy (non-hydrogen) atoms. The molecule has 2 atom stereocenters.